The van der Waals surface area contributed by atoms with Crippen molar-refractivity contribution in [2.45, 2.75) is 50.7 Å². The van der Waals surface area contributed by atoms with Gasteiger partial charge in [-0.2, -0.15) is 0 Å². The molecule has 0 bridgehead atoms. The molecule has 2 aliphatic carbocycles. The average Bonchev–Trinajstić information content (AvgIpc) is 3.12. The minimum absolute atomic E-state index is 0.00255. The molecule has 17 heavy (non-hydrogen) atoms. The van der Waals surface area contributed by atoms with Gasteiger partial charge in [0.15, 0.2) is 0 Å². The molecule has 0 spiro atoms. The van der Waals surface area contributed by atoms with Gasteiger partial charge >= 0.3 is 0 Å². The van der Waals surface area contributed by atoms with Crippen molar-refractivity contribution >= 4 is 0 Å². The van der Waals surface area contributed by atoms with Crippen molar-refractivity contribution in [3.05, 3.63) is 0 Å². The predicted octanol–water partition coefficient (Wildman–Crippen LogP) is 1.32. The predicted molar refractivity (Wildman–Crippen MR) is 69.0 cm³/mol. The summed E-state index contributed by atoms with van der Waals surface area (Å²) in [6.45, 7) is 6.26. The topological polar surface area (TPSA) is 26.7 Å². The zero-order chi connectivity index (χ0) is 11.7. The van der Waals surface area contributed by atoms with Gasteiger partial charge in [-0.3, -0.25) is 4.90 Å². The number of aliphatic hydroxyl groups is 1. The highest BCUT2D eigenvalue weighted by Gasteiger charge is 2.31. The quantitative estimate of drug-likeness (QED) is 0.800. The van der Waals surface area contributed by atoms with Crippen LogP contribution >= 0.6 is 0 Å². The van der Waals surface area contributed by atoms with Gasteiger partial charge in [-0.25, -0.2) is 0 Å². The Morgan fingerprint density at radius 1 is 0.941 bits per heavy atom. The molecule has 98 valence electrons. The summed E-state index contributed by atoms with van der Waals surface area (Å²) in [6, 6.07) is 0.939. The molecule has 3 rings (SSSR count). The van der Waals surface area contributed by atoms with Gasteiger partial charge < -0.3 is 10.0 Å². The SMILES string of the molecule is OC1CCCC1CCN1CCN(C2CC2)CC1. The number of rotatable bonds is 4. The normalized spacial score (nSPS) is 36.5. The lowest BCUT2D eigenvalue weighted by Crippen LogP contribution is -2.47. The molecule has 0 aromatic carbocycles. The van der Waals surface area contributed by atoms with Gasteiger partial charge in [-0.05, 0) is 44.6 Å². The third-order valence-electron chi connectivity index (χ3n) is 4.91. The van der Waals surface area contributed by atoms with E-state index in [1.807, 2.05) is 0 Å². The highest BCUT2D eigenvalue weighted by molar-refractivity contribution is 4.87. The van der Waals surface area contributed by atoms with Gasteiger partial charge in [0.25, 0.3) is 0 Å². The fourth-order valence-electron chi connectivity index (χ4n) is 3.49. The van der Waals surface area contributed by atoms with E-state index in [0.29, 0.717) is 5.92 Å². The van der Waals surface area contributed by atoms with Crippen LogP contribution < -0.4 is 0 Å². The maximum atomic E-state index is 9.81. The van der Waals surface area contributed by atoms with E-state index in [-0.39, 0.29) is 6.10 Å². The number of hydrogen-bond donors (Lipinski definition) is 1. The molecular weight excluding hydrogens is 212 g/mol. The first-order valence-electron chi connectivity index (χ1n) is 7.47. The van der Waals surface area contributed by atoms with Crippen LogP contribution in [0.2, 0.25) is 0 Å². The van der Waals surface area contributed by atoms with Gasteiger partial charge in [0.05, 0.1) is 6.10 Å². The molecule has 0 radical (unpaired) electrons. The number of nitrogens with zero attached hydrogens (tertiary/aromatic N) is 2. The van der Waals surface area contributed by atoms with Crippen LogP contribution in [-0.2, 0) is 0 Å². The molecule has 2 saturated carbocycles. The molecule has 3 nitrogen and oxygen atoms in total. The molecule has 0 amide bonds. The summed E-state index contributed by atoms with van der Waals surface area (Å²) in [7, 11) is 0. The Balaban J connectivity index is 1.35. The van der Waals surface area contributed by atoms with E-state index in [4.69, 9.17) is 0 Å². The Bertz CT molecular complexity index is 247. The van der Waals surface area contributed by atoms with Crippen LogP contribution in [0, 0.1) is 5.92 Å². The maximum Gasteiger partial charge on any atom is 0.0568 e. The van der Waals surface area contributed by atoms with Crippen molar-refractivity contribution in [3.8, 4) is 0 Å². The van der Waals surface area contributed by atoms with Crippen LogP contribution in [0.15, 0.2) is 0 Å². The number of hydrogen-bond acceptors (Lipinski definition) is 3. The van der Waals surface area contributed by atoms with E-state index in [1.54, 1.807) is 0 Å². The summed E-state index contributed by atoms with van der Waals surface area (Å²) in [5, 5.41) is 9.81. The maximum absolute atomic E-state index is 9.81. The van der Waals surface area contributed by atoms with Gasteiger partial charge in [0.1, 0.15) is 0 Å². The minimum atomic E-state index is 0.00255. The lowest BCUT2D eigenvalue weighted by molar-refractivity contribution is 0.0956. The number of piperazine rings is 1. The number of aliphatic hydroxyl groups excluding tert-OH is 1. The van der Waals surface area contributed by atoms with Crippen LogP contribution in [0.3, 0.4) is 0 Å². The van der Waals surface area contributed by atoms with E-state index >= 15 is 0 Å². The van der Waals surface area contributed by atoms with E-state index < -0.39 is 0 Å². The molecule has 0 aromatic heterocycles. The largest absolute Gasteiger partial charge is 0.393 e. The first kappa shape index (κ1) is 11.9. The first-order valence-corrected chi connectivity index (χ1v) is 7.47. The third kappa shape index (κ3) is 3.01. The molecule has 3 fully saturated rings. The molecular formula is C14H26N2O. The average molecular weight is 238 g/mol. The third-order valence-corrected chi connectivity index (χ3v) is 4.91. The Morgan fingerprint density at radius 2 is 1.71 bits per heavy atom. The second-order valence-corrected chi connectivity index (χ2v) is 6.16. The fourth-order valence-corrected chi connectivity index (χ4v) is 3.49. The summed E-state index contributed by atoms with van der Waals surface area (Å²) >= 11 is 0. The first-order chi connectivity index (χ1) is 8.33. The standard InChI is InChI=1S/C14H26N2O/c17-14-3-1-2-12(14)6-7-15-8-10-16(11-9-15)13-4-5-13/h12-14,17H,1-11H2. The van der Waals surface area contributed by atoms with Gasteiger partial charge in [0, 0.05) is 32.2 Å². The minimum Gasteiger partial charge on any atom is -0.393 e. The van der Waals surface area contributed by atoms with Gasteiger partial charge in [-0.1, -0.05) is 6.42 Å². The Kier molecular flexibility index (Phi) is 3.69. The highest BCUT2D eigenvalue weighted by Crippen LogP contribution is 2.29. The molecule has 2 atom stereocenters. The summed E-state index contributed by atoms with van der Waals surface area (Å²) in [5.74, 6) is 0.594. The van der Waals surface area contributed by atoms with Crippen molar-refractivity contribution in [1.29, 1.82) is 0 Å². The van der Waals surface area contributed by atoms with Crippen molar-refractivity contribution in [2.24, 2.45) is 5.92 Å². The zero-order valence-electron chi connectivity index (χ0n) is 10.9. The van der Waals surface area contributed by atoms with Gasteiger partial charge in [0.2, 0.25) is 0 Å². The fraction of sp³-hybridized carbons (Fsp3) is 1.00. The molecule has 1 N–H and O–H groups in total. The van der Waals surface area contributed by atoms with E-state index in [2.05, 4.69) is 9.80 Å². The second kappa shape index (κ2) is 5.25. The lowest BCUT2D eigenvalue weighted by atomic mass is 10.0. The lowest BCUT2D eigenvalue weighted by Gasteiger charge is -2.35. The van der Waals surface area contributed by atoms with Crippen molar-refractivity contribution in [1.82, 2.24) is 9.80 Å². The Labute approximate surface area is 105 Å². The molecule has 3 heteroatoms. The van der Waals surface area contributed by atoms with Gasteiger partial charge in [-0.15, -0.1) is 0 Å². The summed E-state index contributed by atoms with van der Waals surface area (Å²) in [5.41, 5.74) is 0. The molecule has 1 saturated heterocycles. The van der Waals surface area contributed by atoms with E-state index in [1.165, 1.54) is 64.8 Å². The molecule has 0 aromatic rings. The van der Waals surface area contributed by atoms with E-state index in [0.717, 1.165) is 12.5 Å². The smallest absolute Gasteiger partial charge is 0.0568 e. The zero-order valence-corrected chi connectivity index (χ0v) is 10.9. The molecule has 1 heterocycles. The Hall–Kier alpha value is -0.120. The summed E-state index contributed by atoms with van der Waals surface area (Å²) < 4.78 is 0. The van der Waals surface area contributed by atoms with Crippen LogP contribution in [0.5, 0.6) is 0 Å². The molecule has 3 aliphatic rings. The molecule has 1 aliphatic heterocycles. The summed E-state index contributed by atoms with van der Waals surface area (Å²) in [6.07, 6.45) is 7.63. The monoisotopic (exact) mass is 238 g/mol. The highest BCUT2D eigenvalue weighted by atomic mass is 16.3. The van der Waals surface area contributed by atoms with E-state index in [9.17, 15) is 5.11 Å². The van der Waals surface area contributed by atoms with Crippen molar-refractivity contribution < 1.29 is 5.11 Å². The Morgan fingerprint density at radius 3 is 2.29 bits per heavy atom. The summed E-state index contributed by atoms with van der Waals surface area (Å²) in [4.78, 5) is 5.27. The van der Waals surface area contributed by atoms with Crippen LogP contribution in [0.25, 0.3) is 0 Å². The van der Waals surface area contributed by atoms with Crippen molar-refractivity contribution in [2.75, 3.05) is 32.7 Å². The van der Waals surface area contributed by atoms with Crippen molar-refractivity contribution in [3.63, 3.8) is 0 Å². The second-order valence-electron chi connectivity index (χ2n) is 6.16. The van der Waals surface area contributed by atoms with Crippen LogP contribution in [0.1, 0.15) is 38.5 Å². The van der Waals surface area contributed by atoms with Crippen LogP contribution in [0.4, 0.5) is 0 Å². The van der Waals surface area contributed by atoms with Crippen LogP contribution in [-0.4, -0.2) is 59.8 Å². The molecule has 2 unspecified atom stereocenters.